The van der Waals surface area contributed by atoms with Crippen LogP contribution in [0.5, 0.6) is 0 Å². The summed E-state index contributed by atoms with van der Waals surface area (Å²) in [6.07, 6.45) is 1.79. The molecule has 0 radical (unpaired) electrons. The van der Waals surface area contributed by atoms with Crippen LogP contribution in [0.3, 0.4) is 0 Å². The van der Waals surface area contributed by atoms with Crippen LogP contribution in [0.25, 0.3) is 11.0 Å². The van der Waals surface area contributed by atoms with E-state index in [-0.39, 0.29) is 18.1 Å². The van der Waals surface area contributed by atoms with E-state index >= 15 is 0 Å². The van der Waals surface area contributed by atoms with Crippen molar-refractivity contribution in [3.63, 3.8) is 0 Å². The molecule has 2 aromatic heterocycles. The van der Waals surface area contributed by atoms with Gasteiger partial charge in [0, 0.05) is 12.7 Å². The fraction of sp³-hybridized carbons (Fsp3) is 0.273. The molecule has 0 fully saturated rings. The van der Waals surface area contributed by atoms with Crippen LogP contribution in [0.2, 0.25) is 0 Å². The van der Waals surface area contributed by atoms with Gasteiger partial charge in [0.15, 0.2) is 5.65 Å². The number of aromatic nitrogens is 3. The van der Waals surface area contributed by atoms with E-state index in [0.717, 1.165) is 0 Å². The summed E-state index contributed by atoms with van der Waals surface area (Å²) in [6.45, 7) is 2.90. The van der Waals surface area contributed by atoms with Crippen LogP contribution in [0.15, 0.2) is 11.0 Å². The highest BCUT2D eigenvalue weighted by Crippen LogP contribution is 2.15. The Morgan fingerprint density at radius 3 is 3.00 bits per heavy atom. The maximum Gasteiger partial charge on any atom is 0.263 e. The molecule has 0 spiro atoms. The Labute approximate surface area is 97.6 Å². The molecule has 0 aliphatic heterocycles. The first-order chi connectivity index (χ1) is 8.17. The molecule has 6 heteroatoms. The molecule has 2 heterocycles. The minimum Gasteiger partial charge on any atom is -0.369 e. The van der Waals surface area contributed by atoms with E-state index in [4.69, 9.17) is 11.5 Å². The van der Waals surface area contributed by atoms with Crippen molar-refractivity contribution in [3.05, 3.63) is 22.1 Å². The highest BCUT2D eigenvalue weighted by molar-refractivity contribution is 5.83. The highest BCUT2D eigenvalue weighted by atomic mass is 16.1. The lowest BCUT2D eigenvalue weighted by atomic mass is 10.2. The summed E-state index contributed by atoms with van der Waals surface area (Å²) in [6, 6.07) is 0. The first-order valence-electron chi connectivity index (χ1n) is 5.25. The summed E-state index contributed by atoms with van der Waals surface area (Å²) in [4.78, 5) is 18.4. The number of H-pyrrole nitrogens is 1. The normalized spacial score (nSPS) is 10.2. The number of anilines is 1. The largest absolute Gasteiger partial charge is 0.369 e. The van der Waals surface area contributed by atoms with Crippen molar-refractivity contribution in [2.24, 2.45) is 5.73 Å². The number of hydrogen-bond acceptors (Lipinski definition) is 4. The zero-order valence-electron chi connectivity index (χ0n) is 9.45. The Hall–Kier alpha value is -2.26. The minimum atomic E-state index is -0.277. The van der Waals surface area contributed by atoms with Crippen molar-refractivity contribution in [3.8, 4) is 11.8 Å². The molecule has 17 heavy (non-hydrogen) atoms. The van der Waals surface area contributed by atoms with Crippen LogP contribution in [-0.2, 0) is 6.54 Å². The van der Waals surface area contributed by atoms with E-state index in [2.05, 4.69) is 21.8 Å². The lowest BCUT2D eigenvalue weighted by Gasteiger charge is -1.98. The Morgan fingerprint density at radius 2 is 2.35 bits per heavy atom. The Bertz CT molecular complexity index is 671. The SMILES string of the molecule is CCn1cc(C#CCN)c2c(=O)[nH]c(N)nc21. The summed E-state index contributed by atoms with van der Waals surface area (Å²) in [5, 5.41) is 0.460. The first-order valence-corrected chi connectivity index (χ1v) is 5.25. The topological polar surface area (TPSA) is 103 Å². The van der Waals surface area contributed by atoms with Crippen molar-refractivity contribution in [2.45, 2.75) is 13.5 Å². The molecular weight excluding hydrogens is 218 g/mol. The van der Waals surface area contributed by atoms with E-state index in [1.165, 1.54) is 0 Å². The number of hydrogen-bond donors (Lipinski definition) is 3. The highest BCUT2D eigenvalue weighted by Gasteiger charge is 2.11. The first kappa shape index (κ1) is 11.2. The van der Waals surface area contributed by atoms with Gasteiger partial charge in [0.05, 0.1) is 17.5 Å². The Morgan fingerprint density at radius 1 is 1.59 bits per heavy atom. The smallest absolute Gasteiger partial charge is 0.263 e. The standard InChI is InChI=1S/C11H13N5O/c1-2-16-6-7(4-3-5-12)8-9(16)14-11(13)15-10(8)17/h6H,2,5,12H2,1H3,(H3,13,14,15,17). The lowest BCUT2D eigenvalue weighted by Crippen LogP contribution is -2.12. The molecule has 2 aromatic rings. The number of nitrogens with one attached hydrogen (secondary N) is 1. The predicted molar refractivity (Wildman–Crippen MR) is 66.4 cm³/mol. The van der Waals surface area contributed by atoms with Gasteiger partial charge in [-0.2, -0.15) is 4.98 Å². The fourth-order valence-corrected chi connectivity index (χ4v) is 1.69. The molecule has 0 aromatic carbocycles. The van der Waals surface area contributed by atoms with Crippen LogP contribution in [-0.4, -0.2) is 21.1 Å². The molecule has 0 atom stereocenters. The molecule has 0 saturated heterocycles. The Balaban J connectivity index is 2.83. The van der Waals surface area contributed by atoms with Gasteiger partial charge in [-0.1, -0.05) is 11.8 Å². The van der Waals surface area contributed by atoms with E-state index in [1.807, 2.05) is 11.5 Å². The van der Waals surface area contributed by atoms with Crippen LogP contribution in [0.4, 0.5) is 5.95 Å². The number of aromatic amines is 1. The van der Waals surface area contributed by atoms with Gasteiger partial charge in [-0.05, 0) is 6.92 Å². The molecule has 88 valence electrons. The second-order valence-electron chi connectivity index (χ2n) is 3.48. The number of nitrogen functional groups attached to an aromatic ring is 1. The molecule has 0 aliphatic rings. The maximum absolute atomic E-state index is 11.8. The van der Waals surface area contributed by atoms with Gasteiger partial charge in [-0.15, -0.1) is 0 Å². The van der Waals surface area contributed by atoms with Crippen molar-refractivity contribution >= 4 is 17.0 Å². The summed E-state index contributed by atoms with van der Waals surface area (Å²) in [5.41, 5.74) is 11.7. The number of rotatable bonds is 1. The third kappa shape index (κ3) is 1.88. The molecule has 5 N–H and O–H groups in total. The van der Waals surface area contributed by atoms with Crippen molar-refractivity contribution in [1.82, 2.24) is 14.5 Å². The monoisotopic (exact) mass is 231 g/mol. The van der Waals surface area contributed by atoms with Gasteiger partial charge in [-0.25, -0.2) is 0 Å². The van der Waals surface area contributed by atoms with Gasteiger partial charge in [0.2, 0.25) is 5.95 Å². The number of fused-ring (bicyclic) bond motifs is 1. The lowest BCUT2D eigenvalue weighted by molar-refractivity contribution is 0.786. The molecule has 2 rings (SSSR count). The molecular formula is C11H13N5O. The van der Waals surface area contributed by atoms with Crippen molar-refractivity contribution < 1.29 is 0 Å². The zero-order valence-corrected chi connectivity index (χ0v) is 9.45. The quantitative estimate of drug-likeness (QED) is 0.583. The van der Waals surface area contributed by atoms with E-state index in [1.54, 1.807) is 6.20 Å². The third-order valence-corrected chi connectivity index (χ3v) is 2.41. The Kier molecular flexibility index (Phi) is 2.85. The van der Waals surface area contributed by atoms with Gasteiger partial charge in [-0.3, -0.25) is 9.78 Å². The van der Waals surface area contributed by atoms with Gasteiger partial charge < -0.3 is 16.0 Å². The van der Waals surface area contributed by atoms with Crippen LogP contribution >= 0.6 is 0 Å². The second kappa shape index (κ2) is 4.31. The maximum atomic E-state index is 11.8. The van der Waals surface area contributed by atoms with E-state index in [9.17, 15) is 4.79 Å². The van der Waals surface area contributed by atoms with Crippen LogP contribution < -0.4 is 17.0 Å². The number of nitrogens with zero attached hydrogens (tertiary/aromatic N) is 2. The fourth-order valence-electron chi connectivity index (χ4n) is 1.69. The number of nitrogens with two attached hydrogens (primary N) is 2. The summed E-state index contributed by atoms with van der Waals surface area (Å²) < 4.78 is 1.83. The third-order valence-electron chi connectivity index (χ3n) is 2.41. The second-order valence-corrected chi connectivity index (χ2v) is 3.48. The van der Waals surface area contributed by atoms with Crippen LogP contribution in [0, 0.1) is 11.8 Å². The van der Waals surface area contributed by atoms with Gasteiger partial charge in [0.25, 0.3) is 5.56 Å². The molecule has 0 unspecified atom stereocenters. The molecule has 0 amide bonds. The van der Waals surface area contributed by atoms with Gasteiger partial charge >= 0.3 is 0 Å². The number of aryl methyl sites for hydroxylation is 1. The van der Waals surface area contributed by atoms with E-state index < -0.39 is 0 Å². The summed E-state index contributed by atoms with van der Waals surface area (Å²) in [5.74, 6) is 5.70. The molecule has 6 nitrogen and oxygen atoms in total. The minimum absolute atomic E-state index is 0.105. The molecule has 0 bridgehead atoms. The van der Waals surface area contributed by atoms with Crippen LogP contribution in [0.1, 0.15) is 12.5 Å². The molecule has 0 aliphatic carbocycles. The van der Waals surface area contributed by atoms with Crippen molar-refractivity contribution in [1.29, 1.82) is 0 Å². The average Bonchev–Trinajstić information content (AvgIpc) is 2.64. The summed E-state index contributed by atoms with van der Waals surface area (Å²) in [7, 11) is 0. The van der Waals surface area contributed by atoms with E-state index in [0.29, 0.717) is 23.1 Å². The predicted octanol–water partition coefficient (Wildman–Crippen LogP) is -0.363. The van der Waals surface area contributed by atoms with Crippen molar-refractivity contribution in [2.75, 3.05) is 12.3 Å². The summed E-state index contributed by atoms with van der Waals surface area (Å²) >= 11 is 0. The average molecular weight is 231 g/mol. The molecule has 0 saturated carbocycles. The van der Waals surface area contributed by atoms with Gasteiger partial charge in [0.1, 0.15) is 0 Å². The zero-order chi connectivity index (χ0) is 12.4.